The van der Waals surface area contributed by atoms with Gasteiger partial charge < -0.3 is 10.1 Å². The van der Waals surface area contributed by atoms with Crippen LogP contribution in [0.4, 0.5) is 8.78 Å². The van der Waals surface area contributed by atoms with Crippen molar-refractivity contribution in [2.24, 2.45) is 0 Å². The predicted octanol–water partition coefficient (Wildman–Crippen LogP) is 3.83. The van der Waals surface area contributed by atoms with E-state index in [4.69, 9.17) is 16.3 Å². The van der Waals surface area contributed by atoms with E-state index in [1.165, 1.54) is 14.0 Å². The van der Waals surface area contributed by atoms with Crippen molar-refractivity contribution >= 4 is 23.3 Å². The zero-order valence-corrected chi connectivity index (χ0v) is 17.1. The maximum Gasteiger partial charge on any atom is 0.272 e. The molecule has 6 nitrogen and oxygen atoms in total. The fourth-order valence-electron chi connectivity index (χ4n) is 3.52. The molecule has 2 aromatic rings. The van der Waals surface area contributed by atoms with Crippen molar-refractivity contribution in [3.05, 3.63) is 76.6 Å². The van der Waals surface area contributed by atoms with Crippen LogP contribution in [0.25, 0.3) is 0 Å². The summed E-state index contributed by atoms with van der Waals surface area (Å²) in [7, 11) is 1.38. The SMILES string of the molecule is COCn1cc(C(F)F)c(C(=O)NC2C=CC=CC2(C(C)=O)c2ccc(Cl)cc2)n1. The summed E-state index contributed by atoms with van der Waals surface area (Å²) in [5.74, 6) is -1.04. The summed E-state index contributed by atoms with van der Waals surface area (Å²) in [6.45, 7) is 1.33. The van der Waals surface area contributed by atoms with Crippen LogP contribution >= 0.6 is 11.6 Å². The molecule has 0 radical (unpaired) electrons. The lowest BCUT2D eigenvalue weighted by Crippen LogP contribution is -2.53. The van der Waals surface area contributed by atoms with E-state index >= 15 is 0 Å². The number of amides is 1. The Morgan fingerprint density at radius 1 is 1.30 bits per heavy atom. The number of carbonyl (C=O) groups excluding carboxylic acids is 2. The van der Waals surface area contributed by atoms with E-state index in [0.717, 1.165) is 10.9 Å². The van der Waals surface area contributed by atoms with Crippen LogP contribution in [-0.4, -0.2) is 34.6 Å². The minimum atomic E-state index is -2.90. The van der Waals surface area contributed by atoms with Crippen molar-refractivity contribution in [2.45, 2.75) is 31.5 Å². The number of rotatable bonds is 7. The molecule has 2 unspecified atom stereocenters. The first-order valence-corrected chi connectivity index (χ1v) is 9.45. The van der Waals surface area contributed by atoms with Crippen LogP contribution in [0.2, 0.25) is 5.02 Å². The molecule has 1 aliphatic carbocycles. The summed E-state index contributed by atoms with van der Waals surface area (Å²) in [6.07, 6.45) is 4.88. The molecule has 1 aliphatic rings. The monoisotopic (exact) mass is 435 g/mol. The number of hydrogen-bond donors (Lipinski definition) is 1. The molecule has 9 heteroatoms. The van der Waals surface area contributed by atoms with Gasteiger partial charge in [-0.2, -0.15) is 5.10 Å². The van der Waals surface area contributed by atoms with Gasteiger partial charge in [0.05, 0.1) is 17.0 Å². The van der Waals surface area contributed by atoms with Gasteiger partial charge >= 0.3 is 0 Å². The van der Waals surface area contributed by atoms with Gasteiger partial charge in [-0.05, 0) is 24.6 Å². The van der Waals surface area contributed by atoms with Crippen LogP contribution in [0.15, 0.2) is 54.8 Å². The van der Waals surface area contributed by atoms with Crippen LogP contribution in [0.3, 0.4) is 0 Å². The molecule has 0 bridgehead atoms. The Labute approximate surface area is 177 Å². The normalized spacial score (nSPS) is 20.5. The Morgan fingerprint density at radius 2 is 2.00 bits per heavy atom. The van der Waals surface area contributed by atoms with Crippen LogP contribution in [-0.2, 0) is 21.7 Å². The molecule has 0 spiro atoms. The van der Waals surface area contributed by atoms with Crippen molar-refractivity contribution in [2.75, 3.05) is 7.11 Å². The smallest absolute Gasteiger partial charge is 0.272 e. The summed E-state index contributed by atoms with van der Waals surface area (Å²) >= 11 is 5.97. The molecular weight excluding hydrogens is 416 g/mol. The summed E-state index contributed by atoms with van der Waals surface area (Å²) in [4.78, 5) is 25.7. The summed E-state index contributed by atoms with van der Waals surface area (Å²) < 4.78 is 32.9. The molecule has 158 valence electrons. The summed E-state index contributed by atoms with van der Waals surface area (Å²) in [5.41, 5.74) is -1.53. The predicted molar refractivity (Wildman–Crippen MR) is 108 cm³/mol. The van der Waals surface area contributed by atoms with Gasteiger partial charge in [-0.25, -0.2) is 13.5 Å². The lowest BCUT2D eigenvalue weighted by atomic mass is 9.69. The number of nitrogens with one attached hydrogen (secondary N) is 1. The van der Waals surface area contributed by atoms with Crippen molar-refractivity contribution < 1.29 is 23.1 Å². The molecule has 30 heavy (non-hydrogen) atoms. The van der Waals surface area contributed by atoms with E-state index < -0.39 is 35.0 Å². The number of benzene rings is 1. The average molecular weight is 436 g/mol. The standard InChI is InChI=1S/C21H20ClF2N3O3/c1-13(28)21(14-6-8-15(22)9-7-14)10-4-3-5-17(21)25-20(29)18-16(19(23)24)11-27(26-18)12-30-2/h3-11,17,19H,12H2,1-2H3,(H,25,29). The maximum absolute atomic E-state index is 13.4. The highest BCUT2D eigenvalue weighted by atomic mass is 35.5. The van der Waals surface area contributed by atoms with E-state index in [9.17, 15) is 18.4 Å². The number of aromatic nitrogens is 2. The van der Waals surface area contributed by atoms with Gasteiger partial charge in [-0.15, -0.1) is 0 Å². The summed E-state index contributed by atoms with van der Waals surface area (Å²) in [6, 6.07) is 5.88. The average Bonchev–Trinajstić information content (AvgIpc) is 3.14. The molecule has 3 rings (SSSR count). The molecule has 1 N–H and O–H groups in total. The minimum Gasteiger partial charge on any atom is -0.362 e. The Balaban J connectivity index is 1.99. The van der Waals surface area contributed by atoms with E-state index in [0.29, 0.717) is 10.6 Å². The van der Waals surface area contributed by atoms with Crippen LogP contribution in [0.5, 0.6) is 0 Å². The Morgan fingerprint density at radius 3 is 2.60 bits per heavy atom. The number of ketones is 1. The molecule has 1 aromatic heterocycles. The van der Waals surface area contributed by atoms with E-state index in [2.05, 4.69) is 10.4 Å². The van der Waals surface area contributed by atoms with Gasteiger partial charge in [0, 0.05) is 18.3 Å². The highest BCUT2D eigenvalue weighted by Gasteiger charge is 2.44. The molecule has 0 saturated heterocycles. The van der Waals surface area contributed by atoms with E-state index in [1.807, 2.05) is 0 Å². The zero-order valence-electron chi connectivity index (χ0n) is 16.3. The molecule has 1 heterocycles. The molecule has 1 amide bonds. The molecule has 0 saturated carbocycles. The third kappa shape index (κ3) is 4.06. The molecule has 2 atom stereocenters. The van der Waals surface area contributed by atoms with Gasteiger partial charge in [-0.1, -0.05) is 48.0 Å². The largest absolute Gasteiger partial charge is 0.362 e. The first-order valence-electron chi connectivity index (χ1n) is 9.08. The number of alkyl halides is 2. The molecule has 1 aromatic carbocycles. The van der Waals surface area contributed by atoms with Crippen molar-refractivity contribution in [3.8, 4) is 0 Å². The number of halogens is 3. The van der Waals surface area contributed by atoms with Gasteiger partial charge in [0.25, 0.3) is 12.3 Å². The van der Waals surface area contributed by atoms with Crippen LogP contribution in [0, 0.1) is 0 Å². The van der Waals surface area contributed by atoms with Gasteiger partial charge in [0.15, 0.2) is 5.69 Å². The Hall–Kier alpha value is -2.84. The number of Topliss-reactive ketones (excluding diaryl/α,β-unsaturated/α-hetero) is 1. The quantitative estimate of drug-likeness (QED) is 0.717. The van der Waals surface area contributed by atoms with Gasteiger partial charge in [0.2, 0.25) is 0 Å². The second-order valence-corrected chi connectivity index (χ2v) is 7.25. The lowest BCUT2D eigenvalue weighted by Gasteiger charge is -2.37. The third-order valence-electron chi connectivity index (χ3n) is 4.96. The number of ether oxygens (including phenoxy) is 1. The number of nitrogens with zero attached hydrogens (tertiary/aromatic N) is 2. The first-order chi connectivity index (χ1) is 14.3. The molecule has 0 fully saturated rings. The fourth-order valence-corrected chi connectivity index (χ4v) is 3.65. The van der Waals surface area contributed by atoms with Gasteiger partial charge in [0.1, 0.15) is 12.5 Å². The van der Waals surface area contributed by atoms with E-state index in [1.54, 1.807) is 48.6 Å². The van der Waals surface area contributed by atoms with Crippen LogP contribution < -0.4 is 5.32 Å². The Kier molecular flexibility index (Phi) is 6.48. The number of allylic oxidation sites excluding steroid dienone is 2. The number of carbonyl (C=O) groups is 2. The fraction of sp³-hybridized carbons (Fsp3) is 0.286. The maximum atomic E-state index is 13.4. The second-order valence-electron chi connectivity index (χ2n) is 6.82. The Bertz CT molecular complexity index is 1000. The lowest BCUT2D eigenvalue weighted by molar-refractivity contribution is -0.121. The highest BCUT2D eigenvalue weighted by molar-refractivity contribution is 6.30. The number of methoxy groups -OCH3 is 1. The summed E-state index contributed by atoms with van der Waals surface area (Å²) in [5, 5.41) is 7.11. The third-order valence-corrected chi connectivity index (χ3v) is 5.21. The zero-order chi connectivity index (χ0) is 21.9. The number of hydrogen-bond acceptors (Lipinski definition) is 4. The van der Waals surface area contributed by atoms with Crippen molar-refractivity contribution in [1.82, 2.24) is 15.1 Å². The van der Waals surface area contributed by atoms with Crippen molar-refractivity contribution in [3.63, 3.8) is 0 Å². The topological polar surface area (TPSA) is 73.2 Å². The highest BCUT2D eigenvalue weighted by Crippen LogP contribution is 2.35. The molecular formula is C21H20ClF2N3O3. The van der Waals surface area contributed by atoms with Gasteiger partial charge in [-0.3, -0.25) is 9.59 Å². The molecule has 0 aliphatic heterocycles. The van der Waals surface area contributed by atoms with E-state index in [-0.39, 0.29) is 12.5 Å². The van der Waals surface area contributed by atoms with Crippen LogP contribution in [0.1, 0.15) is 35.0 Å². The second kappa shape index (κ2) is 8.89. The van der Waals surface area contributed by atoms with Crippen molar-refractivity contribution in [1.29, 1.82) is 0 Å². The minimum absolute atomic E-state index is 0.0821. The first kappa shape index (κ1) is 21.9.